The fourth-order valence-corrected chi connectivity index (χ4v) is 7.95. The van der Waals surface area contributed by atoms with E-state index in [4.69, 9.17) is 0 Å². The Morgan fingerprint density at radius 3 is 2.75 bits per heavy atom. The number of hydrogen-bond acceptors (Lipinski definition) is 3. The Hall–Kier alpha value is -1.78. The minimum absolute atomic E-state index is 0.000991. The van der Waals surface area contributed by atoms with E-state index in [1.807, 2.05) is 6.07 Å². The molecule has 0 saturated heterocycles. The van der Waals surface area contributed by atoms with E-state index in [9.17, 15) is 9.59 Å². The largest absolute Gasteiger partial charge is 0.384 e. The van der Waals surface area contributed by atoms with Gasteiger partial charge in [-0.1, -0.05) is 13.8 Å². The molecule has 2 N–H and O–H groups in total. The van der Waals surface area contributed by atoms with Gasteiger partial charge < -0.3 is 15.2 Å². The van der Waals surface area contributed by atoms with E-state index >= 15 is 0 Å². The van der Waals surface area contributed by atoms with Crippen molar-refractivity contribution in [3.05, 3.63) is 28.7 Å². The minimum Gasteiger partial charge on any atom is -0.384 e. The molecule has 1 aromatic heterocycles. The fourth-order valence-electron chi connectivity index (χ4n) is 7.95. The summed E-state index contributed by atoms with van der Waals surface area (Å²) in [6, 6.07) is 3.57. The first-order valence-corrected chi connectivity index (χ1v) is 11.1. The highest BCUT2D eigenvalue weighted by Crippen LogP contribution is 2.67. The first kappa shape index (κ1) is 18.3. The standard InChI is InChI=1S/C23H33N3O2/c1-13-7-17-16-9-15-10-18(17)19(8-13)23(11-15,14(16)2)25-21(27)12-26-6-4-5-20(24-3)22(26)28/h4-6,13-19,24H,7-12H2,1-3H3,(H,25,27)/t13?,14?,15-,16?,17?,18?,19-,23-/m1/s1. The second-order valence-corrected chi connectivity index (χ2v) is 10.2. The van der Waals surface area contributed by atoms with Crippen molar-refractivity contribution in [2.24, 2.45) is 41.4 Å². The molecule has 0 aliphatic heterocycles. The second-order valence-electron chi connectivity index (χ2n) is 10.2. The number of amides is 1. The van der Waals surface area contributed by atoms with Gasteiger partial charge in [-0.05, 0) is 85.7 Å². The Bertz CT molecular complexity index is 840. The van der Waals surface area contributed by atoms with Crippen LogP contribution in [0, 0.1) is 41.4 Å². The summed E-state index contributed by atoms with van der Waals surface area (Å²) in [6.45, 7) is 4.90. The van der Waals surface area contributed by atoms with Crippen LogP contribution in [0.25, 0.3) is 0 Å². The fraction of sp³-hybridized carbons (Fsp3) is 0.739. The Kier molecular flexibility index (Phi) is 4.15. The van der Waals surface area contributed by atoms with Crippen molar-refractivity contribution in [2.45, 2.75) is 58.0 Å². The predicted octanol–water partition coefficient (Wildman–Crippen LogP) is 3.10. The summed E-state index contributed by atoms with van der Waals surface area (Å²) in [4.78, 5) is 25.6. The first-order chi connectivity index (χ1) is 13.4. The maximum Gasteiger partial charge on any atom is 0.274 e. The van der Waals surface area contributed by atoms with Crippen LogP contribution >= 0.6 is 0 Å². The minimum atomic E-state index is -0.134. The number of hydrogen-bond donors (Lipinski definition) is 2. The first-order valence-electron chi connectivity index (χ1n) is 11.1. The topological polar surface area (TPSA) is 63.1 Å². The van der Waals surface area contributed by atoms with Crippen LogP contribution in [0.2, 0.25) is 0 Å². The van der Waals surface area contributed by atoms with Crippen LogP contribution in [0.5, 0.6) is 0 Å². The molecule has 0 spiro atoms. The molecule has 6 rings (SSSR count). The predicted molar refractivity (Wildman–Crippen MR) is 110 cm³/mol. The lowest BCUT2D eigenvalue weighted by Crippen LogP contribution is -2.73. The molecule has 6 bridgehead atoms. The van der Waals surface area contributed by atoms with Crippen molar-refractivity contribution in [3.8, 4) is 0 Å². The van der Waals surface area contributed by atoms with Gasteiger partial charge in [-0.25, -0.2) is 0 Å². The molecular formula is C23H33N3O2. The van der Waals surface area contributed by atoms with Gasteiger partial charge in [-0.3, -0.25) is 9.59 Å². The Balaban J connectivity index is 1.42. The molecule has 0 aromatic carbocycles. The number of nitrogens with zero attached hydrogens (tertiary/aromatic N) is 1. The van der Waals surface area contributed by atoms with Crippen molar-refractivity contribution in [1.29, 1.82) is 0 Å². The lowest BCUT2D eigenvalue weighted by Gasteiger charge is -2.70. The maximum atomic E-state index is 13.1. The van der Waals surface area contributed by atoms with Gasteiger partial charge in [0.2, 0.25) is 5.91 Å². The van der Waals surface area contributed by atoms with E-state index in [1.54, 1.807) is 19.3 Å². The number of pyridine rings is 1. The molecule has 5 heteroatoms. The molecule has 0 radical (unpaired) electrons. The average molecular weight is 384 g/mol. The number of rotatable bonds is 4. The molecule has 5 aliphatic rings. The molecule has 8 atom stereocenters. The Morgan fingerprint density at radius 1 is 1.18 bits per heavy atom. The molecule has 5 aliphatic carbocycles. The van der Waals surface area contributed by atoms with Crippen LogP contribution in [0.4, 0.5) is 5.69 Å². The van der Waals surface area contributed by atoms with Crippen molar-refractivity contribution in [2.75, 3.05) is 12.4 Å². The molecule has 28 heavy (non-hydrogen) atoms. The smallest absolute Gasteiger partial charge is 0.274 e. The molecule has 1 heterocycles. The number of nitrogens with one attached hydrogen (secondary N) is 2. The third-order valence-electron chi connectivity index (χ3n) is 8.88. The molecule has 5 fully saturated rings. The Morgan fingerprint density at radius 2 is 1.96 bits per heavy atom. The quantitative estimate of drug-likeness (QED) is 0.840. The van der Waals surface area contributed by atoms with Crippen LogP contribution in [-0.4, -0.2) is 23.1 Å². The average Bonchev–Trinajstić information content (AvgIpc) is 2.66. The molecule has 1 aromatic rings. The lowest BCUT2D eigenvalue weighted by atomic mass is 9.38. The van der Waals surface area contributed by atoms with Crippen LogP contribution < -0.4 is 16.2 Å². The summed E-state index contributed by atoms with van der Waals surface area (Å²) in [6.07, 6.45) is 8.24. The van der Waals surface area contributed by atoms with Crippen molar-refractivity contribution in [3.63, 3.8) is 0 Å². The normalized spacial score (nSPS) is 43.0. The lowest BCUT2D eigenvalue weighted by molar-refractivity contribution is -0.184. The van der Waals surface area contributed by atoms with E-state index in [-0.39, 0.29) is 23.6 Å². The summed E-state index contributed by atoms with van der Waals surface area (Å²) in [7, 11) is 1.74. The van der Waals surface area contributed by atoms with Gasteiger partial charge in [0.15, 0.2) is 0 Å². The summed E-state index contributed by atoms with van der Waals surface area (Å²) in [5.41, 5.74) is 0.343. The summed E-state index contributed by atoms with van der Waals surface area (Å²) in [5, 5.41) is 6.46. The molecule has 5 nitrogen and oxygen atoms in total. The monoisotopic (exact) mass is 383 g/mol. The van der Waals surface area contributed by atoms with Crippen LogP contribution in [-0.2, 0) is 11.3 Å². The highest BCUT2D eigenvalue weighted by molar-refractivity contribution is 5.77. The van der Waals surface area contributed by atoms with Gasteiger partial charge in [0.1, 0.15) is 12.2 Å². The van der Waals surface area contributed by atoms with Crippen molar-refractivity contribution in [1.82, 2.24) is 9.88 Å². The van der Waals surface area contributed by atoms with Crippen molar-refractivity contribution >= 4 is 11.6 Å². The van der Waals surface area contributed by atoms with E-state index < -0.39 is 0 Å². The molecule has 5 saturated carbocycles. The number of aromatic nitrogens is 1. The molecule has 5 unspecified atom stereocenters. The SMILES string of the molecule is CNc1cccn(CC(=O)N[C@@]23C[C@@H]4CC(C5CC(C)C[C@@H]2C5C4)C3C)c1=O. The van der Waals surface area contributed by atoms with Gasteiger partial charge in [0.05, 0.1) is 0 Å². The van der Waals surface area contributed by atoms with Crippen LogP contribution in [0.3, 0.4) is 0 Å². The zero-order chi connectivity index (χ0) is 19.6. The number of carbonyl (C=O) groups is 1. The number of carbonyl (C=O) groups excluding carboxylic acids is 1. The van der Waals surface area contributed by atoms with Gasteiger partial charge >= 0.3 is 0 Å². The summed E-state index contributed by atoms with van der Waals surface area (Å²) < 4.78 is 1.53. The highest BCUT2D eigenvalue weighted by Gasteiger charge is 2.65. The van der Waals surface area contributed by atoms with Gasteiger partial charge in [0, 0.05) is 18.8 Å². The Labute approximate surface area is 167 Å². The third-order valence-corrected chi connectivity index (χ3v) is 8.88. The zero-order valence-corrected chi connectivity index (χ0v) is 17.3. The van der Waals surface area contributed by atoms with Gasteiger partial charge in [-0.15, -0.1) is 0 Å². The van der Waals surface area contributed by atoms with E-state index in [2.05, 4.69) is 24.5 Å². The van der Waals surface area contributed by atoms with Crippen LogP contribution in [0.1, 0.15) is 46.0 Å². The maximum absolute atomic E-state index is 13.1. The van der Waals surface area contributed by atoms with E-state index in [0.29, 0.717) is 17.5 Å². The van der Waals surface area contributed by atoms with Crippen molar-refractivity contribution < 1.29 is 4.79 Å². The van der Waals surface area contributed by atoms with E-state index in [0.717, 1.165) is 36.0 Å². The van der Waals surface area contributed by atoms with Crippen LogP contribution in [0.15, 0.2) is 23.1 Å². The zero-order valence-electron chi connectivity index (χ0n) is 17.3. The summed E-state index contributed by atoms with van der Waals surface area (Å²) in [5.74, 6) is 5.16. The molecule has 1 amide bonds. The molecular weight excluding hydrogens is 350 g/mol. The van der Waals surface area contributed by atoms with Gasteiger partial charge in [0.25, 0.3) is 5.56 Å². The highest BCUT2D eigenvalue weighted by atomic mass is 16.2. The number of anilines is 1. The van der Waals surface area contributed by atoms with E-state index in [1.165, 1.54) is 30.3 Å². The third kappa shape index (κ3) is 2.50. The van der Waals surface area contributed by atoms with Gasteiger partial charge in [-0.2, -0.15) is 0 Å². The summed E-state index contributed by atoms with van der Waals surface area (Å²) >= 11 is 0. The molecule has 152 valence electrons. The second kappa shape index (κ2) is 6.36.